The summed E-state index contributed by atoms with van der Waals surface area (Å²) in [6.07, 6.45) is 1.60. The van der Waals surface area contributed by atoms with Crippen molar-refractivity contribution in [3.63, 3.8) is 0 Å². The third-order valence-electron chi connectivity index (χ3n) is 5.38. The van der Waals surface area contributed by atoms with Crippen LogP contribution in [0.4, 0.5) is 0 Å². The Morgan fingerprint density at radius 2 is 1.78 bits per heavy atom. The highest BCUT2D eigenvalue weighted by molar-refractivity contribution is 9.11. The summed E-state index contributed by atoms with van der Waals surface area (Å²) >= 11 is 10.5. The van der Waals surface area contributed by atoms with Crippen LogP contribution in [0, 0.1) is 0 Å². The van der Waals surface area contributed by atoms with Gasteiger partial charge >= 0.3 is 5.97 Å². The second kappa shape index (κ2) is 10.9. The number of aromatic nitrogens is 2. The summed E-state index contributed by atoms with van der Waals surface area (Å²) in [5.41, 5.74) is 1.59. The number of aromatic carboxylic acids is 1. The molecule has 0 amide bonds. The van der Waals surface area contributed by atoms with Gasteiger partial charge < -0.3 is 9.84 Å². The molecule has 1 N–H and O–H groups in total. The van der Waals surface area contributed by atoms with Gasteiger partial charge in [0.1, 0.15) is 18.2 Å². The van der Waals surface area contributed by atoms with Gasteiger partial charge in [-0.25, -0.2) is 9.78 Å². The van der Waals surface area contributed by atoms with Crippen LogP contribution in [0.5, 0.6) is 5.75 Å². The van der Waals surface area contributed by atoms with Crippen LogP contribution >= 0.6 is 47.8 Å². The second-order valence-corrected chi connectivity index (χ2v) is 11.9. The smallest absolute Gasteiger partial charge is 0.335 e. The largest absolute Gasteiger partial charge is 0.487 e. The van der Waals surface area contributed by atoms with Gasteiger partial charge in [-0.3, -0.25) is 4.79 Å². The molecule has 7 nitrogen and oxygen atoms in total. The minimum Gasteiger partial charge on any atom is -0.487 e. The summed E-state index contributed by atoms with van der Waals surface area (Å²) in [6.45, 7) is 6.14. The molecular weight excluding hydrogens is 670 g/mol. The van der Waals surface area contributed by atoms with Crippen LogP contribution in [0.3, 0.4) is 0 Å². The van der Waals surface area contributed by atoms with Crippen molar-refractivity contribution in [1.82, 2.24) is 9.66 Å². The first-order valence-electron chi connectivity index (χ1n) is 11.2. The minimum atomic E-state index is -0.990. The predicted octanol–water partition coefficient (Wildman–Crippen LogP) is 7.14. The fraction of sp³-hybridized carbons (Fsp3) is 0.185. The van der Waals surface area contributed by atoms with Crippen LogP contribution in [-0.4, -0.2) is 27.0 Å². The van der Waals surface area contributed by atoms with Crippen LogP contribution in [0.2, 0.25) is 0 Å². The summed E-state index contributed by atoms with van der Waals surface area (Å²) in [7, 11) is 0. The maximum absolute atomic E-state index is 13.4. The van der Waals surface area contributed by atoms with E-state index in [2.05, 4.69) is 52.9 Å². The van der Waals surface area contributed by atoms with Crippen LogP contribution < -0.4 is 10.3 Å². The molecule has 0 atom stereocenters. The zero-order chi connectivity index (χ0) is 26.9. The number of benzene rings is 3. The van der Waals surface area contributed by atoms with E-state index < -0.39 is 11.4 Å². The van der Waals surface area contributed by atoms with E-state index in [1.807, 2.05) is 45.0 Å². The molecule has 0 aliphatic rings. The molecule has 1 aromatic heterocycles. The lowest BCUT2D eigenvalue weighted by atomic mass is 9.95. The molecule has 1 heterocycles. The molecule has 3 aromatic carbocycles. The summed E-state index contributed by atoms with van der Waals surface area (Å²) in [6, 6.07) is 15.7. The van der Waals surface area contributed by atoms with Gasteiger partial charge in [0.2, 0.25) is 0 Å². The van der Waals surface area contributed by atoms with Gasteiger partial charge in [-0.2, -0.15) is 9.78 Å². The molecule has 0 radical (unpaired) electrons. The number of hydrogen-bond acceptors (Lipinski definition) is 5. The number of carbonyl (C=O) groups is 1. The predicted molar refractivity (Wildman–Crippen MR) is 155 cm³/mol. The van der Waals surface area contributed by atoms with Crippen molar-refractivity contribution in [3.8, 4) is 5.75 Å². The molecule has 0 spiro atoms. The molecule has 190 valence electrons. The van der Waals surface area contributed by atoms with Gasteiger partial charge in [0.05, 0.1) is 31.6 Å². The molecule has 0 saturated heterocycles. The van der Waals surface area contributed by atoms with Gasteiger partial charge in [0, 0.05) is 9.89 Å². The fourth-order valence-electron chi connectivity index (χ4n) is 3.61. The first kappa shape index (κ1) is 27.2. The Morgan fingerprint density at radius 1 is 1.08 bits per heavy atom. The van der Waals surface area contributed by atoms with Gasteiger partial charge in [-0.1, -0.05) is 48.8 Å². The number of rotatable bonds is 6. The summed E-state index contributed by atoms with van der Waals surface area (Å²) in [5.74, 6) is 0.115. The van der Waals surface area contributed by atoms with Crippen LogP contribution in [0.15, 0.2) is 77.9 Å². The monoisotopic (exact) mass is 689 g/mol. The average Bonchev–Trinajstić information content (AvgIpc) is 2.82. The summed E-state index contributed by atoms with van der Waals surface area (Å²) in [4.78, 5) is 29.3. The lowest BCUT2D eigenvalue weighted by molar-refractivity contribution is 0.0696. The summed E-state index contributed by atoms with van der Waals surface area (Å²) in [5, 5.41) is 14.2. The number of ether oxygens (including phenoxy) is 1. The molecule has 4 aromatic rings. The molecule has 0 bridgehead atoms. The van der Waals surface area contributed by atoms with Gasteiger partial charge in [0.25, 0.3) is 5.56 Å². The normalized spacial score (nSPS) is 11.8. The Morgan fingerprint density at radius 3 is 2.43 bits per heavy atom. The van der Waals surface area contributed by atoms with E-state index in [9.17, 15) is 14.7 Å². The molecule has 37 heavy (non-hydrogen) atoms. The molecular formula is C27H22Br3N3O4. The van der Waals surface area contributed by atoms with Crippen molar-refractivity contribution in [2.45, 2.75) is 32.8 Å². The first-order chi connectivity index (χ1) is 17.4. The topological polar surface area (TPSA) is 93.8 Å². The molecule has 0 unspecified atom stereocenters. The Hall–Kier alpha value is -2.82. The highest BCUT2D eigenvalue weighted by atomic mass is 79.9. The highest BCUT2D eigenvalue weighted by Crippen LogP contribution is 2.35. The lowest BCUT2D eigenvalue weighted by Crippen LogP contribution is -2.29. The Kier molecular flexibility index (Phi) is 8.01. The second-order valence-electron chi connectivity index (χ2n) is 9.32. The molecule has 0 fully saturated rings. The summed E-state index contributed by atoms with van der Waals surface area (Å²) < 4.78 is 9.42. The lowest BCUT2D eigenvalue weighted by Gasteiger charge is -2.21. The highest BCUT2D eigenvalue weighted by Gasteiger charge is 2.23. The van der Waals surface area contributed by atoms with Gasteiger partial charge in [0.15, 0.2) is 0 Å². The minimum absolute atomic E-state index is 0.189. The van der Waals surface area contributed by atoms with Crippen molar-refractivity contribution < 1.29 is 14.6 Å². The van der Waals surface area contributed by atoms with E-state index in [1.165, 1.54) is 10.7 Å². The number of halogens is 3. The zero-order valence-electron chi connectivity index (χ0n) is 20.1. The number of carboxylic acid groups (broad SMARTS) is 1. The van der Waals surface area contributed by atoms with E-state index in [-0.39, 0.29) is 17.7 Å². The number of fused-ring (bicyclic) bond motifs is 1. The third kappa shape index (κ3) is 6.19. The molecule has 0 aliphatic carbocycles. The van der Waals surface area contributed by atoms with Crippen LogP contribution in [0.25, 0.3) is 10.9 Å². The molecule has 0 saturated carbocycles. The van der Waals surface area contributed by atoms with E-state index in [0.29, 0.717) is 31.4 Å². The Bertz CT molecular complexity index is 1580. The quantitative estimate of drug-likeness (QED) is 0.217. The van der Waals surface area contributed by atoms with Crippen molar-refractivity contribution >= 4 is 70.9 Å². The standard InChI is InChI=1S/C27H22Br3N3O4/c1-27(2,3)26-32-22-8-7-18(28)12-19(22)24(34)33(26)31-13-16-10-20(29)23(21(30)11-16)37-14-15-5-4-6-17(9-15)25(35)36/h4-13H,14H2,1-3H3,(H,35,36). The number of carboxylic acids is 1. The third-order valence-corrected chi connectivity index (χ3v) is 7.05. The van der Waals surface area contributed by atoms with Crippen LogP contribution in [0.1, 0.15) is 48.1 Å². The molecule has 0 aliphatic heterocycles. The molecule has 4 rings (SSSR count). The SMILES string of the molecule is CC(C)(C)c1nc2ccc(Br)cc2c(=O)n1N=Cc1cc(Br)c(OCc2cccc(C(=O)O)c2)c(Br)c1. The van der Waals surface area contributed by atoms with Gasteiger partial charge in [-0.15, -0.1) is 0 Å². The average molecular weight is 692 g/mol. The van der Waals surface area contributed by atoms with Crippen molar-refractivity contribution in [2.75, 3.05) is 0 Å². The van der Waals surface area contributed by atoms with Crippen molar-refractivity contribution in [3.05, 3.63) is 101 Å². The Labute approximate surface area is 238 Å². The van der Waals surface area contributed by atoms with Gasteiger partial charge in [-0.05, 0) is 85.5 Å². The van der Waals surface area contributed by atoms with Crippen molar-refractivity contribution in [1.29, 1.82) is 0 Å². The fourth-order valence-corrected chi connectivity index (χ4v) is 5.42. The molecule has 10 heteroatoms. The van der Waals surface area contributed by atoms with E-state index in [1.54, 1.807) is 30.5 Å². The van der Waals surface area contributed by atoms with E-state index in [4.69, 9.17) is 9.72 Å². The van der Waals surface area contributed by atoms with E-state index >= 15 is 0 Å². The first-order valence-corrected chi connectivity index (χ1v) is 13.5. The number of nitrogens with zero attached hydrogens (tertiary/aromatic N) is 3. The number of hydrogen-bond donors (Lipinski definition) is 1. The Balaban J connectivity index is 1.66. The van der Waals surface area contributed by atoms with Crippen molar-refractivity contribution in [2.24, 2.45) is 5.10 Å². The maximum Gasteiger partial charge on any atom is 0.335 e. The van der Waals surface area contributed by atoms with E-state index in [0.717, 1.165) is 15.6 Å². The maximum atomic E-state index is 13.4. The zero-order valence-corrected chi connectivity index (χ0v) is 24.9. The van der Waals surface area contributed by atoms with Crippen LogP contribution in [-0.2, 0) is 12.0 Å².